The van der Waals surface area contributed by atoms with Crippen LogP contribution in [0.15, 0.2) is 65.1 Å². The number of nitrogens with one attached hydrogen (secondary N) is 1. The molecule has 0 fully saturated rings. The number of aromatic carboxylic acids is 1. The lowest BCUT2D eigenvalue weighted by atomic mass is 10.1. The first-order chi connectivity index (χ1) is 11.6. The van der Waals surface area contributed by atoms with Crippen molar-refractivity contribution in [2.24, 2.45) is 0 Å². The van der Waals surface area contributed by atoms with Crippen molar-refractivity contribution in [2.75, 3.05) is 0 Å². The zero-order chi connectivity index (χ0) is 16.9. The summed E-state index contributed by atoms with van der Waals surface area (Å²) in [6, 6.07) is 18.2. The molecule has 1 aromatic heterocycles. The summed E-state index contributed by atoms with van der Waals surface area (Å²) in [7, 11) is 0. The highest BCUT2D eigenvalue weighted by molar-refractivity contribution is 6.30. The van der Waals surface area contributed by atoms with E-state index >= 15 is 0 Å². The van der Waals surface area contributed by atoms with Crippen LogP contribution < -0.4 is 17.7 Å². The number of hydrogen-bond donors (Lipinski definition) is 2. The van der Waals surface area contributed by atoms with E-state index < -0.39 is 5.97 Å². The van der Waals surface area contributed by atoms with Gasteiger partial charge in [0.15, 0.2) is 0 Å². The molecule has 130 valence electrons. The average Bonchev–Trinajstić information content (AvgIpc) is 3.04. The Kier molecular flexibility index (Phi) is 6.65. The van der Waals surface area contributed by atoms with Crippen LogP contribution in [0.1, 0.15) is 21.7 Å². The van der Waals surface area contributed by atoms with Crippen LogP contribution in [0.25, 0.3) is 11.3 Å². The van der Waals surface area contributed by atoms with Gasteiger partial charge in [-0.05, 0) is 42.0 Å². The molecule has 0 saturated carbocycles. The van der Waals surface area contributed by atoms with Crippen LogP contribution >= 0.6 is 11.6 Å². The van der Waals surface area contributed by atoms with Crippen LogP contribution in [-0.4, -0.2) is 11.1 Å². The normalized spacial score (nSPS) is 10.3. The molecule has 6 heteroatoms. The second-order valence-electron chi connectivity index (χ2n) is 5.38. The quantitative estimate of drug-likeness (QED) is 0.685. The lowest BCUT2D eigenvalue weighted by molar-refractivity contribution is -0.0000208. The molecule has 0 aliphatic carbocycles. The highest BCUT2D eigenvalue weighted by Crippen LogP contribution is 2.24. The van der Waals surface area contributed by atoms with Gasteiger partial charge in [-0.15, -0.1) is 0 Å². The first kappa shape index (κ1) is 19.1. The van der Waals surface area contributed by atoms with Crippen molar-refractivity contribution in [3.8, 4) is 11.3 Å². The van der Waals surface area contributed by atoms with Crippen molar-refractivity contribution in [3.05, 3.63) is 82.6 Å². The Labute approximate surface area is 156 Å². The second kappa shape index (κ2) is 8.72. The van der Waals surface area contributed by atoms with Crippen molar-refractivity contribution in [1.29, 1.82) is 0 Å². The zero-order valence-electron chi connectivity index (χ0n) is 13.2. The maximum atomic E-state index is 10.8. The molecule has 3 rings (SSSR count). The van der Waals surface area contributed by atoms with Gasteiger partial charge < -0.3 is 27.2 Å². The van der Waals surface area contributed by atoms with E-state index in [4.69, 9.17) is 21.1 Å². The van der Waals surface area contributed by atoms with E-state index in [1.165, 1.54) is 0 Å². The molecule has 0 aliphatic heterocycles. The number of hydrogen-bond acceptors (Lipinski definition) is 3. The van der Waals surface area contributed by atoms with Gasteiger partial charge in [0.05, 0.1) is 12.1 Å². The molecular weight excluding hydrogens is 361 g/mol. The van der Waals surface area contributed by atoms with Gasteiger partial charge in [-0.1, -0.05) is 35.9 Å². The Bertz CT molecular complexity index is 844. The molecule has 0 amide bonds. The minimum absolute atomic E-state index is 0. The van der Waals surface area contributed by atoms with Crippen molar-refractivity contribution in [1.82, 2.24) is 5.32 Å². The Morgan fingerprint density at radius 2 is 1.80 bits per heavy atom. The molecule has 0 spiro atoms. The summed E-state index contributed by atoms with van der Waals surface area (Å²) in [6.07, 6.45) is 0. The Hall–Kier alpha value is -2.27. The fraction of sp³-hybridized carbons (Fsp3) is 0.105. The molecule has 0 unspecified atom stereocenters. The first-order valence-corrected chi connectivity index (χ1v) is 7.87. The van der Waals surface area contributed by atoms with Gasteiger partial charge >= 0.3 is 5.97 Å². The first-order valence-electron chi connectivity index (χ1n) is 7.49. The summed E-state index contributed by atoms with van der Waals surface area (Å²) in [6.45, 7) is 1.22. The summed E-state index contributed by atoms with van der Waals surface area (Å²) < 4.78 is 5.81. The topological polar surface area (TPSA) is 62.5 Å². The third-order valence-corrected chi connectivity index (χ3v) is 3.84. The molecule has 0 radical (unpaired) electrons. The van der Waals surface area contributed by atoms with Crippen LogP contribution in [0.3, 0.4) is 0 Å². The molecule has 2 N–H and O–H groups in total. The van der Waals surface area contributed by atoms with E-state index in [1.54, 1.807) is 24.3 Å². The molecule has 25 heavy (non-hydrogen) atoms. The van der Waals surface area contributed by atoms with Gasteiger partial charge in [0.2, 0.25) is 0 Å². The Morgan fingerprint density at radius 1 is 1.04 bits per heavy atom. The van der Waals surface area contributed by atoms with E-state index in [1.807, 2.05) is 36.4 Å². The molecule has 0 atom stereocenters. The smallest absolute Gasteiger partial charge is 0.335 e. The lowest BCUT2D eigenvalue weighted by Crippen LogP contribution is -3.00. The third kappa shape index (κ3) is 5.10. The SMILES string of the molecule is O=C(O)c1ccc(CNCc2ccc(-c3cccc(Cl)c3)o2)cc1.[Cl-]. The summed E-state index contributed by atoms with van der Waals surface area (Å²) in [5.41, 5.74) is 2.25. The largest absolute Gasteiger partial charge is 1.00 e. The summed E-state index contributed by atoms with van der Waals surface area (Å²) in [5, 5.41) is 12.8. The van der Waals surface area contributed by atoms with Crippen LogP contribution in [0.4, 0.5) is 0 Å². The minimum Gasteiger partial charge on any atom is -1.00 e. The van der Waals surface area contributed by atoms with E-state index in [0.29, 0.717) is 18.1 Å². The van der Waals surface area contributed by atoms with Crippen LogP contribution in [0.5, 0.6) is 0 Å². The number of furan rings is 1. The summed E-state index contributed by atoms with van der Waals surface area (Å²) in [4.78, 5) is 10.8. The highest BCUT2D eigenvalue weighted by atomic mass is 35.5. The van der Waals surface area contributed by atoms with Crippen LogP contribution in [0, 0.1) is 0 Å². The van der Waals surface area contributed by atoms with Crippen molar-refractivity contribution in [3.63, 3.8) is 0 Å². The second-order valence-corrected chi connectivity index (χ2v) is 5.82. The summed E-state index contributed by atoms with van der Waals surface area (Å²) in [5.74, 6) is 0.686. The van der Waals surface area contributed by atoms with Gasteiger partial charge in [-0.2, -0.15) is 0 Å². The zero-order valence-corrected chi connectivity index (χ0v) is 14.7. The predicted octanol–water partition coefficient (Wildman–Crippen LogP) is 1.59. The molecule has 0 bridgehead atoms. The standard InChI is InChI=1S/C19H16ClNO3.ClH/c20-16-3-1-2-15(10-16)18-9-8-17(24-18)12-21-11-13-4-6-14(7-5-13)19(22)23;/h1-10,21H,11-12H2,(H,22,23);1H/p-1. The van der Waals surface area contributed by atoms with Crippen molar-refractivity contribution in [2.45, 2.75) is 13.1 Å². The van der Waals surface area contributed by atoms with Gasteiger partial charge in [-0.3, -0.25) is 0 Å². The molecule has 0 aliphatic rings. The molecule has 4 nitrogen and oxygen atoms in total. The van der Waals surface area contributed by atoms with Crippen molar-refractivity contribution < 1.29 is 26.7 Å². The van der Waals surface area contributed by atoms with Crippen LogP contribution in [0.2, 0.25) is 5.02 Å². The highest BCUT2D eigenvalue weighted by Gasteiger charge is 2.06. The predicted molar refractivity (Wildman–Crippen MR) is 93.1 cm³/mol. The number of carboxylic acid groups (broad SMARTS) is 1. The molecule has 2 aromatic carbocycles. The van der Waals surface area contributed by atoms with E-state index in [2.05, 4.69) is 5.32 Å². The van der Waals surface area contributed by atoms with Gasteiger partial charge in [0, 0.05) is 17.1 Å². The third-order valence-electron chi connectivity index (χ3n) is 3.60. The number of halogens is 2. The van der Waals surface area contributed by atoms with E-state index in [9.17, 15) is 4.79 Å². The number of benzene rings is 2. The Morgan fingerprint density at radius 3 is 2.48 bits per heavy atom. The number of rotatable bonds is 6. The maximum Gasteiger partial charge on any atom is 0.335 e. The number of carbonyl (C=O) groups is 1. The van der Waals surface area contributed by atoms with Gasteiger partial charge in [-0.25, -0.2) is 4.79 Å². The average molecular weight is 377 g/mol. The lowest BCUT2D eigenvalue weighted by Gasteiger charge is -2.04. The van der Waals surface area contributed by atoms with Crippen LogP contribution in [-0.2, 0) is 13.1 Å². The maximum absolute atomic E-state index is 10.8. The van der Waals surface area contributed by atoms with Gasteiger partial charge in [0.1, 0.15) is 11.5 Å². The van der Waals surface area contributed by atoms with Gasteiger partial charge in [0.25, 0.3) is 0 Å². The summed E-state index contributed by atoms with van der Waals surface area (Å²) >= 11 is 5.99. The molecule has 1 heterocycles. The molecular formula is C19H16Cl2NO3-. The Balaban J connectivity index is 0.00000225. The minimum atomic E-state index is -0.918. The van der Waals surface area contributed by atoms with E-state index in [-0.39, 0.29) is 18.0 Å². The fourth-order valence-corrected chi connectivity index (χ4v) is 2.56. The monoisotopic (exact) mass is 376 g/mol. The van der Waals surface area contributed by atoms with Crippen molar-refractivity contribution >= 4 is 17.6 Å². The molecule has 0 saturated heterocycles. The van der Waals surface area contributed by atoms with E-state index in [0.717, 1.165) is 22.6 Å². The molecule has 3 aromatic rings. The fourth-order valence-electron chi connectivity index (χ4n) is 2.37. The number of carboxylic acids is 1.